The Morgan fingerprint density at radius 1 is 0.929 bits per heavy atom. The highest BCUT2D eigenvalue weighted by Gasteiger charge is 2.74. The van der Waals surface area contributed by atoms with E-state index < -0.39 is 78.8 Å². The van der Waals surface area contributed by atoms with Gasteiger partial charge < -0.3 is 9.84 Å². The first-order valence-electron chi connectivity index (χ1n) is 8.10. The van der Waals surface area contributed by atoms with Crippen molar-refractivity contribution < 1.29 is 54.2 Å². The molecule has 1 saturated carbocycles. The van der Waals surface area contributed by atoms with E-state index in [0.29, 0.717) is 6.92 Å². The van der Waals surface area contributed by atoms with Crippen LogP contribution in [0.5, 0.6) is 0 Å². The van der Waals surface area contributed by atoms with Gasteiger partial charge in [0.05, 0.1) is 0 Å². The summed E-state index contributed by atoms with van der Waals surface area (Å²) in [6.07, 6.45) is -20.6. The van der Waals surface area contributed by atoms with Crippen LogP contribution in [0.1, 0.15) is 39.5 Å². The first kappa shape index (κ1) is 24.6. The fourth-order valence-corrected chi connectivity index (χ4v) is 3.35. The maximum absolute atomic E-state index is 13.6. The Morgan fingerprint density at radius 2 is 1.36 bits per heavy atom. The van der Waals surface area contributed by atoms with E-state index in [1.807, 2.05) is 0 Å². The second-order valence-corrected chi connectivity index (χ2v) is 7.10. The minimum Gasteiger partial charge on any atom is -0.446 e. The van der Waals surface area contributed by atoms with E-state index in [1.165, 1.54) is 0 Å². The summed E-state index contributed by atoms with van der Waals surface area (Å²) in [6.45, 7) is 4.53. The number of rotatable bonds is 4. The lowest BCUT2D eigenvalue weighted by Crippen LogP contribution is -2.63. The quantitative estimate of drug-likeness (QED) is 0.384. The standard InChI is InChI=1S/C16H19F9O3/c1-8(2)11(26)28-12(3,14(17,18)19)9-5-4-6-10(7-9)13(27,15(20,21)22)16(23,24)25/h9-10,27H,1,4-7H2,2-3H3. The van der Waals surface area contributed by atoms with Crippen LogP contribution in [0.2, 0.25) is 0 Å². The zero-order chi connectivity index (χ0) is 22.3. The fraction of sp³-hybridized carbons (Fsp3) is 0.812. The highest BCUT2D eigenvalue weighted by Crippen LogP contribution is 2.55. The summed E-state index contributed by atoms with van der Waals surface area (Å²) in [5.41, 5.74) is -8.95. The Labute approximate surface area is 154 Å². The first-order chi connectivity index (χ1) is 12.3. The van der Waals surface area contributed by atoms with Crippen molar-refractivity contribution in [1.29, 1.82) is 0 Å². The maximum atomic E-state index is 13.6. The van der Waals surface area contributed by atoms with Gasteiger partial charge >= 0.3 is 24.5 Å². The van der Waals surface area contributed by atoms with Crippen LogP contribution in [0.15, 0.2) is 12.2 Å². The summed E-state index contributed by atoms with van der Waals surface area (Å²) in [5.74, 6) is -5.99. The van der Waals surface area contributed by atoms with E-state index in [0.717, 1.165) is 6.92 Å². The predicted molar refractivity (Wildman–Crippen MR) is 77.9 cm³/mol. The predicted octanol–water partition coefficient (Wildman–Crippen LogP) is 5.09. The van der Waals surface area contributed by atoms with Crippen molar-refractivity contribution in [2.75, 3.05) is 0 Å². The summed E-state index contributed by atoms with van der Waals surface area (Å²) in [4.78, 5) is 11.6. The van der Waals surface area contributed by atoms with E-state index in [-0.39, 0.29) is 0 Å². The van der Waals surface area contributed by atoms with Crippen LogP contribution in [-0.2, 0) is 9.53 Å². The molecule has 0 aromatic heterocycles. The van der Waals surface area contributed by atoms with Crippen LogP contribution in [0.4, 0.5) is 39.5 Å². The lowest BCUT2D eigenvalue weighted by molar-refractivity contribution is -0.389. The highest BCUT2D eigenvalue weighted by molar-refractivity contribution is 5.87. The Balaban J connectivity index is 3.35. The Kier molecular flexibility index (Phi) is 6.51. The van der Waals surface area contributed by atoms with Gasteiger partial charge in [-0.1, -0.05) is 13.0 Å². The average molecular weight is 430 g/mol. The molecule has 1 rings (SSSR count). The topological polar surface area (TPSA) is 46.5 Å². The Bertz CT molecular complexity index is 592. The molecule has 28 heavy (non-hydrogen) atoms. The van der Waals surface area contributed by atoms with Crippen molar-refractivity contribution in [2.45, 2.75) is 69.3 Å². The summed E-state index contributed by atoms with van der Waals surface area (Å²) >= 11 is 0. The molecule has 0 heterocycles. The molecule has 0 aliphatic heterocycles. The van der Waals surface area contributed by atoms with E-state index >= 15 is 0 Å². The largest absolute Gasteiger partial charge is 0.446 e. The molecule has 1 fully saturated rings. The monoisotopic (exact) mass is 430 g/mol. The van der Waals surface area contributed by atoms with Crippen molar-refractivity contribution in [3.8, 4) is 0 Å². The van der Waals surface area contributed by atoms with Crippen molar-refractivity contribution in [3.05, 3.63) is 12.2 Å². The number of carbonyl (C=O) groups excluding carboxylic acids is 1. The van der Waals surface area contributed by atoms with E-state index in [2.05, 4.69) is 11.3 Å². The number of halogens is 9. The summed E-state index contributed by atoms with van der Waals surface area (Å²) in [6, 6.07) is 0. The Morgan fingerprint density at radius 3 is 1.71 bits per heavy atom. The van der Waals surface area contributed by atoms with Gasteiger partial charge in [-0.2, -0.15) is 39.5 Å². The SMILES string of the molecule is C=C(C)C(=O)OC(C)(C1CCCC(C(O)(C(F)(F)F)C(F)(F)F)C1)C(F)(F)F. The minimum absolute atomic E-state index is 0.390. The van der Waals surface area contributed by atoms with Gasteiger partial charge in [-0.15, -0.1) is 0 Å². The van der Waals surface area contributed by atoms with Gasteiger partial charge in [0.1, 0.15) is 0 Å². The normalized spacial score (nSPS) is 24.4. The van der Waals surface area contributed by atoms with Crippen LogP contribution in [0.25, 0.3) is 0 Å². The van der Waals surface area contributed by atoms with Crippen molar-refractivity contribution in [1.82, 2.24) is 0 Å². The van der Waals surface area contributed by atoms with Crippen molar-refractivity contribution in [2.24, 2.45) is 11.8 Å². The summed E-state index contributed by atoms with van der Waals surface area (Å²) in [5, 5.41) is 9.51. The molecule has 164 valence electrons. The second kappa shape index (κ2) is 7.42. The molecular formula is C16H19F9O3. The van der Waals surface area contributed by atoms with Crippen LogP contribution in [-0.4, -0.2) is 40.8 Å². The zero-order valence-electron chi connectivity index (χ0n) is 14.9. The summed E-state index contributed by atoms with van der Waals surface area (Å²) < 4.78 is 124. The number of hydrogen-bond donors (Lipinski definition) is 1. The summed E-state index contributed by atoms with van der Waals surface area (Å²) in [7, 11) is 0. The van der Waals surface area contributed by atoms with Gasteiger partial charge in [-0.25, -0.2) is 4.79 Å². The number of ether oxygens (including phenoxy) is 1. The van der Waals surface area contributed by atoms with E-state index in [9.17, 15) is 49.4 Å². The van der Waals surface area contributed by atoms with Crippen LogP contribution in [0.3, 0.4) is 0 Å². The molecule has 0 saturated heterocycles. The molecule has 0 radical (unpaired) electrons. The van der Waals surface area contributed by atoms with Gasteiger partial charge in [0.2, 0.25) is 5.60 Å². The van der Waals surface area contributed by atoms with Gasteiger partial charge in [-0.3, -0.25) is 0 Å². The molecule has 0 aromatic carbocycles. The van der Waals surface area contributed by atoms with Crippen molar-refractivity contribution in [3.63, 3.8) is 0 Å². The Hall–Kier alpha value is -1.46. The van der Waals surface area contributed by atoms with Gasteiger partial charge in [0, 0.05) is 17.4 Å². The number of esters is 1. The number of aliphatic hydroxyl groups is 1. The molecule has 12 heteroatoms. The van der Waals surface area contributed by atoms with Crippen molar-refractivity contribution >= 4 is 5.97 Å². The molecule has 0 spiro atoms. The van der Waals surface area contributed by atoms with E-state index in [4.69, 9.17) is 0 Å². The number of alkyl halides is 9. The molecule has 1 aliphatic carbocycles. The number of carbonyl (C=O) groups is 1. The molecule has 3 atom stereocenters. The fourth-order valence-electron chi connectivity index (χ4n) is 3.35. The molecule has 0 amide bonds. The minimum atomic E-state index is -6.15. The molecule has 3 unspecified atom stereocenters. The molecule has 1 aliphatic rings. The first-order valence-corrected chi connectivity index (χ1v) is 8.10. The maximum Gasteiger partial charge on any atom is 0.428 e. The smallest absolute Gasteiger partial charge is 0.428 e. The van der Waals surface area contributed by atoms with Gasteiger partial charge in [0.25, 0.3) is 5.60 Å². The van der Waals surface area contributed by atoms with Crippen LogP contribution < -0.4 is 0 Å². The molecule has 0 bridgehead atoms. The average Bonchev–Trinajstić information content (AvgIpc) is 2.50. The number of hydrogen-bond acceptors (Lipinski definition) is 3. The molecule has 3 nitrogen and oxygen atoms in total. The zero-order valence-corrected chi connectivity index (χ0v) is 14.9. The third kappa shape index (κ3) is 4.25. The molecule has 1 N–H and O–H groups in total. The molecular weight excluding hydrogens is 411 g/mol. The van der Waals surface area contributed by atoms with Crippen LogP contribution >= 0.6 is 0 Å². The molecule has 0 aromatic rings. The third-order valence-electron chi connectivity index (χ3n) is 5.12. The lowest BCUT2D eigenvalue weighted by atomic mass is 9.67. The third-order valence-corrected chi connectivity index (χ3v) is 5.12. The highest BCUT2D eigenvalue weighted by atomic mass is 19.4. The lowest BCUT2D eigenvalue weighted by Gasteiger charge is -2.46. The second-order valence-electron chi connectivity index (χ2n) is 7.10. The van der Waals surface area contributed by atoms with Gasteiger partial charge in [-0.05, 0) is 33.1 Å². The van der Waals surface area contributed by atoms with Crippen LogP contribution in [0, 0.1) is 11.8 Å². The van der Waals surface area contributed by atoms with Gasteiger partial charge in [0.15, 0.2) is 0 Å². The van der Waals surface area contributed by atoms with E-state index in [1.54, 1.807) is 0 Å².